The lowest BCUT2D eigenvalue weighted by Crippen LogP contribution is -2.24. The molecular weight excluding hydrogens is 298 g/mol. The molecule has 4 nitrogen and oxygen atoms in total. The number of hydrogen-bond donors (Lipinski definition) is 2. The minimum atomic E-state index is -3.86. The van der Waals surface area contributed by atoms with E-state index in [9.17, 15) is 17.2 Å². The van der Waals surface area contributed by atoms with Gasteiger partial charge in [0, 0.05) is 17.8 Å². The summed E-state index contributed by atoms with van der Waals surface area (Å²) in [6.45, 7) is 1.23. The van der Waals surface area contributed by atoms with E-state index in [4.69, 9.17) is 5.73 Å². The molecule has 3 N–H and O–H groups in total. The molecule has 21 heavy (non-hydrogen) atoms. The first-order valence-corrected chi connectivity index (χ1v) is 7.58. The van der Waals surface area contributed by atoms with E-state index < -0.39 is 21.7 Å². The van der Waals surface area contributed by atoms with Crippen LogP contribution in [0.4, 0.5) is 14.5 Å². The normalized spacial score (nSPS) is 11.6. The van der Waals surface area contributed by atoms with Crippen LogP contribution in [0.3, 0.4) is 0 Å². The molecule has 112 valence electrons. The van der Waals surface area contributed by atoms with Crippen LogP contribution >= 0.6 is 0 Å². The summed E-state index contributed by atoms with van der Waals surface area (Å²) in [5.41, 5.74) is 6.35. The molecule has 0 amide bonds. The van der Waals surface area contributed by atoms with Crippen molar-refractivity contribution in [3.63, 3.8) is 0 Å². The first-order chi connectivity index (χ1) is 9.81. The monoisotopic (exact) mass is 312 g/mol. The number of halogens is 2. The van der Waals surface area contributed by atoms with Crippen LogP contribution in [0.5, 0.6) is 0 Å². The molecule has 0 aromatic heterocycles. The van der Waals surface area contributed by atoms with E-state index in [2.05, 4.69) is 4.72 Å². The smallest absolute Gasteiger partial charge is 0.241 e. The number of nitrogens with two attached hydrogens (primary N) is 1. The number of benzene rings is 2. The third-order valence-electron chi connectivity index (χ3n) is 3.08. The van der Waals surface area contributed by atoms with Gasteiger partial charge in [0.1, 0.15) is 11.6 Å². The second-order valence-corrected chi connectivity index (χ2v) is 6.27. The van der Waals surface area contributed by atoms with E-state index >= 15 is 0 Å². The van der Waals surface area contributed by atoms with E-state index in [1.54, 1.807) is 13.0 Å². The van der Waals surface area contributed by atoms with Gasteiger partial charge in [0.25, 0.3) is 0 Å². The van der Waals surface area contributed by atoms with Gasteiger partial charge in [-0.2, -0.15) is 0 Å². The van der Waals surface area contributed by atoms with E-state index in [-0.39, 0.29) is 17.0 Å². The summed E-state index contributed by atoms with van der Waals surface area (Å²) in [5.74, 6) is -1.31. The Kier molecular flexibility index (Phi) is 4.24. The molecule has 0 aliphatic carbocycles. The van der Waals surface area contributed by atoms with Gasteiger partial charge >= 0.3 is 0 Å². The summed E-state index contributed by atoms with van der Waals surface area (Å²) in [5, 5.41) is 0. The van der Waals surface area contributed by atoms with Crippen molar-refractivity contribution in [1.82, 2.24) is 4.72 Å². The van der Waals surface area contributed by atoms with Crippen LogP contribution in [-0.2, 0) is 16.6 Å². The van der Waals surface area contributed by atoms with Crippen molar-refractivity contribution >= 4 is 15.7 Å². The predicted octanol–water partition coefficient (Wildman–Crippen LogP) is 2.33. The van der Waals surface area contributed by atoms with E-state index in [1.165, 1.54) is 12.1 Å². The minimum absolute atomic E-state index is 0.0133. The van der Waals surface area contributed by atoms with Crippen molar-refractivity contribution < 1.29 is 17.2 Å². The van der Waals surface area contributed by atoms with Gasteiger partial charge in [-0.15, -0.1) is 0 Å². The summed E-state index contributed by atoms with van der Waals surface area (Å²) in [4.78, 5) is 0.0133. The molecule has 0 unspecified atom stereocenters. The van der Waals surface area contributed by atoms with E-state index in [1.807, 2.05) is 0 Å². The van der Waals surface area contributed by atoms with Crippen LogP contribution in [0.2, 0.25) is 0 Å². The largest absolute Gasteiger partial charge is 0.398 e. The summed E-state index contributed by atoms with van der Waals surface area (Å²) in [6, 6.07) is 7.36. The summed E-state index contributed by atoms with van der Waals surface area (Å²) in [7, 11) is -3.86. The fraction of sp³-hybridized carbons (Fsp3) is 0.143. The average molecular weight is 312 g/mol. The van der Waals surface area contributed by atoms with Crippen LogP contribution in [0.25, 0.3) is 0 Å². The summed E-state index contributed by atoms with van der Waals surface area (Å²) in [6.07, 6.45) is 0. The number of rotatable bonds is 4. The molecule has 0 spiro atoms. The van der Waals surface area contributed by atoms with Crippen LogP contribution in [0.1, 0.15) is 11.1 Å². The molecule has 2 aromatic rings. The minimum Gasteiger partial charge on any atom is -0.398 e. The maximum absolute atomic E-state index is 13.5. The van der Waals surface area contributed by atoms with E-state index in [0.717, 1.165) is 18.2 Å². The number of hydrogen-bond acceptors (Lipinski definition) is 3. The van der Waals surface area contributed by atoms with Crippen LogP contribution < -0.4 is 10.5 Å². The zero-order valence-corrected chi connectivity index (χ0v) is 12.0. The molecule has 0 heterocycles. The Morgan fingerprint density at radius 1 is 1.19 bits per heavy atom. The SMILES string of the molecule is Cc1c(N)cccc1S(=O)(=O)NCc1cc(F)ccc1F. The third-order valence-corrected chi connectivity index (χ3v) is 4.62. The molecular formula is C14H14F2N2O2S. The van der Waals surface area contributed by atoms with Crippen molar-refractivity contribution in [3.8, 4) is 0 Å². The van der Waals surface area contributed by atoms with Gasteiger partial charge in [-0.25, -0.2) is 21.9 Å². The standard InChI is InChI=1S/C14H14F2N2O2S/c1-9-13(17)3-2-4-14(9)21(19,20)18-8-10-7-11(15)5-6-12(10)16/h2-7,18H,8,17H2,1H3. The highest BCUT2D eigenvalue weighted by Gasteiger charge is 2.18. The molecule has 0 aliphatic rings. The Morgan fingerprint density at radius 2 is 1.90 bits per heavy atom. The highest BCUT2D eigenvalue weighted by Crippen LogP contribution is 2.20. The maximum atomic E-state index is 13.5. The van der Waals surface area contributed by atoms with Crippen LogP contribution in [0, 0.1) is 18.6 Å². The predicted molar refractivity (Wildman–Crippen MR) is 76.0 cm³/mol. The molecule has 0 atom stereocenters. The maximum Gasteiger partial charge on any atom is 0.241 e. The van der Waals surface area contributed by atoms with Gasteiger partial charge in [-0.3, -0.25) is 0 Å². The van der Waals surface area contributed by atoms with Gasteiger partial charge < -0.3 is 5.73 Å². The lowest BCUT2D eigenvalue weighted by Gasteiger charge is -2.11. The lowest BCUT2D eigenvalue weighted by molar-refractivity contribution is 0.566. The molecule has 2 rings (SSSR count). The van der Waals surface area contributed by atoms with Gasteiger partial charge in [-0.1, -0.05) is 6.07 Å². The first kappa shape index (κ1) is 15.4. The van der Waals surface area contributed by atoms with E-state index in [0.29, 0.717) is 11.3 Å². The lowest BCUT2D eigenvalue weighted by atomic mass is 10.2. The fourth-order valence-corrected chi connectivity index (χ4v) is 3.13. The molecule has 7 heteroatoms. The highest BCUT2D eigenvalue weighted by atomic mass is 32.2. The first-order valence-electron chi connectivity index (χ1n) is 6.10. The number of sulfonamides is 1. The molecule has 0 fully saturated rings. The third kappa shape index (κ3) is 3.37. The van der Waals surface area contributed by atoms with Crippen LogP contribution in [-0.4, -0.2) is 8.42 Å². The molecule has 0 aliphatic heterocycles. The Bertz CT molecular complexity index is 777. The molecule has 0 saturated carbocycles. The van der Waals surface area contributed by atoms with Crippen LogP contribution in [0.15, 0.2) is 41.3 Å². The number of nitrogens with one attached hydrogen (secondary N) is 1. The fourth-order valence-electron chi connectivity index (χ4n) is 1.85. The van der Waals surface area contributed by atoms with Gasteiger partial charge in [0.2, 0.25) is 10.0 Å². The van der Waals surface area contributed by atoms with Crippen molar-refractivity contribution in [2.45, 2.75) is 18.4 Å². The quantitative estimate of drug-likeness (QED) is 0.851. The average Bonchev–Trinajstić information content (AvgIpc) is 2.43. The summed E-state index contributed by atoms with van der Waals surface area (Å²) >= 11 is 0. The number of nitrogen functional groups attached to an aromatic ring is 1. The van der Waals surface area contributed by atoms with Crippen molar-refractivity contribution in [2.24, 2.45) is 0 Å². The molecule has 0 bridgehead atoms. The Balaban J connectivity index is 2.26. The zero-order chi connectivity index (χ0) is 15.6. The molecule has 0 radical (unpaired) electrons. The number of anilines is 1. The molecule has 0 saturated heterocycles. The van der Waals surface area contributed by atoms with Crippen molar-refractivity contribution in [2.75, 3.05) is 5.73 Å². The van der Waals surface area contributed by atoms with Crippen molar-refractivity contribution in [3.05, 3.63) is 59.2 Å². The second-order valence-electron chi connectivity index (χ2n) is 4.53. The Labute approximate surface area is 121 Å². The summed E-state index contributed by atoms with van der Waals surface area (Å²) < 4.78 is 53.1. The topological polar surface area (TPSA) is 72.2 Å². The van der Waals surface area contributed by atoms with Crippen molar-refractivity contribution in [1.29, 1.82) is 0 Å². The molecule has 2 aromatic carbocycles. The Morgan fingerprint density at radius 3 is 2.62 bits per heavy atom. The Hall–Kier alpha value is -1.99. The van der Waals surface area contributed by atoms with Gasteiger partial charge in [0.05, 0.1) is 4.90 Å². The van der Waals surface area contributed by atoms with Gasteiger partial charge in [-0.05, 0) is 42.8 Å². The van der Waals surface area contributed by atoms with Gasteiger partial charge in [0.15, 0.2) is 0 Å². The second kappa shape index (κ2) is 5.79. The highest BCUT2D eigenvalue weighted by molar-refractivity contribution is 7.89. The zero-order valence-electron chi connectivity index (χ0n) is 11.2.